The number of alkyl halides is 3. The number of halogens is 4. The number of nitrogens with zero attached hydrogens (tertiary/aromatic N) is 1. The third-order valence-electron chi connectivity index (χ3n) is 3.87. The molecule has 3 rings (SSSR count). The number of sulfonamides is 1. The van der Waals surface area contributed by atoms with Crippen molar-refractivity contribution in [3.63, 3.8) is 0 Å². The van der Waals surface area contributed by atoms with Crippen LogP contribution in [0.3, 0.4) is 0 Å². The van der Waals surface area contributed by atoms with Gasteiger partial charge in [-0.05, 0) is 36.4 Å². The lowest BCUT2D eigenvalue weighted by molar-refractivity contribution is -0.140. The van der Waals surface area contributed by atoms with Crippen molar-refractivity contribution in [3.8, 4) is 0 Å². The van der Waals surface area contributed by atoms with Gasteiger partial charge in [-0.1, -0.05) is 6.07 Å². The maximum atomic E-state index is 13.2. The first-order chi connectivity index (χ1) is 14.0. The second-order valence-corrected chi connectivity index (χ2v) is 7.66. The van der Waals surface area contributed by atoms with Crippen molar-refractivity contribution in [1.82, 2.24) is 9.29 Å². The molecule has 0 unspecified atom stereocenters. The molecule has 2 heterocycles. The Hall–Kier alpha value is -3.41. The largest absolute Gasteiger partial charge is 0.454 e. The molecule has 2 aromatic heterocycles. The highest BCUT2D eigenvalue weighted by Crippen LogP contribution is 2.34. The van der Waals surface area contributed by atoms with Crippen LogP contribution in [0, 0.1) is 5.82 Å². The summed E-state index contributed by atoms with van der Waals surface area (Å²) in [6, 6.07) is 7.76. The zero-order valence-electron chi connectivity index (χ0n) is 14.8. The van der Waals surface area contributed by atoms with Crippen molar-refractivity contribution in [1.29, 1.82) is 0 Å². The molecule has 1 amide bonds. The number of furan rings is 1. The average molecular weight is 444 g/mol. The van der Waals surface area contributed by atoms with Crippen molar-refractivity contribution in [2.45, 2.75) is 17.6 Å². The molecule has 1 aromatic carbocycles. The minimum absolute atomic E-state index is 0.0155. The maximum absolute atomic E-state index is 13.2. The number of rotatable bonds is 5. The quantitative estimate of drug-likeness (QED) is 0.611. The van der Waals surface area contributed by atoms with Gasteiger partial charge in [0.2, 0.25) is 0 Å². The molecule has 0 atom stereocenters. The van der Waals surface area contributed by atoms with Crippen molar-refractivity contribution >= 4 is 15.9 Å². The SMILES string of the molecule is O=C(NS(=O)(=O)c1ccc(F)cc1C(F)(F)F)c1ccc(Cn2ccccc2=O)o1. The topological polar surface area (TPSA) is 98.4 Å². The number of pyridine rings is 1. The summed E-state index contributed by atoms with van der Waals surface area (Å²) >= 11 is 0. The standard InChI is InChI=1S/C18H12F4N2O5S/c19-11-4-7-15(13(9-11)18(20,21)22)30(27,28)23-17(26)14-6-5-12(29-14)10-24-8-2-1-3-16(24)25/h1-9H,10H2,(H,23,26). The zero-order chi connectivity index (χ0) is 22.1. The minimum atomic E-state index is -5.17. The second-order valence-electron chi connectivity index (χ2n) is 6.01. The Balaban J connectivity index is 1.84. The number of amides is 1. The molecule has 0 bridgehead atoms. The fourth-order valence-electron chi connectivity index (χ4n) is 2.53. The summed E-state index contributed by atoms with van der Waals surface area (Å²) in [6.45, 7) is -0.0596. The van der Waals surface area contributed by atoms with Crippen LogP contribution in [-0.2, 0) is 22.7 Å². The highest BCUT2D eigenvalue weighted by atomic mass is 32.2. The van der Waals surface area contributed by atoms with Gasteiger partial charge in [0.05, 0.1) is 17.0 Å². The Kier molecular flexibility index (Phi) is 5.53. The van der Waals surface area contributed by atoms with Crippen LogP contribution >= 0.6 is 0 Å². The van der Waals surface area contributed by atoms with Gasteiger partial charge < -0.3 is 8.98 Å². The number of benzene rings is 1. The molecule has 0 fully saturated rings. The zero-order valence-corrected chi connectivity index (χ0v) is 15.6. The number of aromatic nitrogens is 1. The van der Waals surface area contributed by atoms with E-state index < -0.39 is 44.1 Å². The molecule has 1 N–H and O–H groups in total. The first-order valence-corrected chi connectivity index (χ1v) is 9.64. The van der Waals surface area contributed by atoms with Crippen molar-refractivity contribution in [2.24, 2.45) is 0 Å². The van der Waals surface area contributed by atoms with E-state index in [0.717, 1.165) is 6.07 Å². The van der Waals surface area contributed by atoms with Gasteiger partial charge >= 0.3 is 12.1 Å². The monoisotopic (exact) mass is 444 g/mol. The van der Waals surface area contributed by atoms with Crippen LogP contribution in [0.4, 0.5) is 17.6 Å². The van der Waals surface area contributed by atoms with E-state index in [9.17, 15) is 35.6 Å². The number of hydrogen-bond donors (Lipinski definition) is 1. The van der Waals surface area contributed by atoms with Gasteiger partial charge in [0.25, 0.3) is 15.6 Å². The lowest BCUT2D eigenvalue weighted by Crippen LogP contribution is -2.32. The van der Waals surface area contributed by atoms with E-state index in [0.29, 0.717) is 12.1 Å². The van der Waals surface area contributed by atoms with E-state index >= 15 is 0 Å². The van der Waals surface area contributed by atoms with Crippen LogP contribution in [0.1, 0.15) is 21.9 Å². The Labute approximate surface area is 166 Å². The van der Waals surface area contributed by atoms with Crippen molar-refractivity contribution < 1.29 is 35.2 Å². The van der Waals surface area contributed by atoms with Gasteiger partial charge in [0, 0.05) is 12.3 Å². The van der Waals surface area contributed by atoms with Gasteiger partial charge in [0.1, 0.15) is 11.6 Å². The van der Waals surface area contributed by atoms with Crippen LogP contribution in [0.5, 0.6) is 0 Å². The second kappa shape index (κ2) is 7.78. The van der Waals surface area contributed by atoms with Gasteiger partial charge in [0.15, 0.2) is 5.76 Å². The van der Waals surface area contributed by atoms with E-state index in [2.05, 4.69) is 0 Å². The molecule has 0 radical (unpaired) electrons. The highest BCUT2D eigenvalue weighted by molar-refractivity contribution is 7.90. The number of nitrogens with one attached hydrogen (secondary N) is 1. The summed E-state index contributed by atoms with van der Waals surface area (Å²) in [4.78, 5) is 22.6. The highest BCUT2D eigenvalue weighted by Gasteiger charge is 2.38. The summed E-state index contributed by atoms with van der Waals surface area (Å²) in [6.07, 6.45) is -3.71. The molecule has 0 spiro atoms. The predicted octanol–water partition coefficient (Wildman–Crippen LogP) is 2.77. The Morgan fingerprint density at radius 1 is 1.10 bits per heavy atom. The van der Waals surface area contributed by atoms with Crippen LogP contribution in [0.2, 0.25) is 0 Å². The van der Waals surface area contributed by atoms with Gasteiger partial charge in [-0.25, -0.2) is 17.5 Å². The first kappa shape index (κ1) is 21.3. The molecule has 0 aliphatic rings. The van der Waals surface area contributed by atoms with Crippen molar-refractivity contribution in [3.05, 3.63) is 88.0 Å². The van der Waals surface area contributed by atoms with E-state index in [1.165, 1.54) is 33.7 Å². The molecule has 0 saturated carbocycles. The fourth-order valence-corrected chi connectivity index (χ4v) is 3.70. The average Bonchev–Trinajstić information content (AvgIpc) is 3.11. The summed E-state index contributed by atoms with van der Waals surface area (Å²) < 4.78 is 84.9. The van der Waals surface area contributed by atoms with E-state index in [-0.39, 0.29) is 23.9 Å². The smallest absolute Gasteiger partial charge is 0.417 e. The van der Waals surface area contributed by atoms with Crippen LogP contribution < -0.4 is 10.3 Å². The van der Waals surface area contributed by atoms with Crippen LogP contribution in [-0.4, -0.2) is 18.9 Å². The number of carbonyl (C=O) groups is 1. The lowest BCUT2D eigenvalue weighted by Gasteiger charge is -2.13. The summed E-state index contributed by atoms with van der Waals surface area (Å²) in [5.74, 6) is -3.00. The summed E-state index contributed by atoms with van der Waals surface area (Å²) in [5.41, 5.74) is -2.11. The molecule has 158 valence electrons. The van der Waals surface area contributed by atoms with Crippen molar-refractivity contribution in [2.75, 3.05) is 0 Å². The summed E-state index contributed by atoms with van der Waals surface area (Å²) in [7, 11) is -5.00. The van der Waals surface area contributed by atoms with E-state index in [4.69, 9.17) is 4.42 Å². The molecule has 3 aromatic rings. The lowest BCUT2D eigenvalue weighted by atomic mass is 10.2. The normalized spacial score (nSPS) is 12.0. The van der Waals surface area contributed by atoms with Gasteiger partial charge in [-0.2, -0.15) is 13.2 Å². The number of hydrogen-bond acceptors (Lipinski definition) is 5. The Bertz CT molecular complexity index is 1260. The number of carbonyl (C=O) groups excluding carboxylic acids is 1. The molecule has 0 saturated heterocycles. The molecule has 7 nitrogen and oxygen atoms in total. The molecular formula is C18H12F4N2O5S. The minimum Gasteiger partial charge on any atom is -0.454 e. The third-order valence-corrected chi connectivity index (χ3v) is 5.26. The maximum Gasteiger partial charge on any atom is 0.417 e. The first-order valence-electron chi connectivity index (χ1n) is 8.15. The fraction of sp³-hybridized carbons (Fsp3) is 0.111. The summed E-state index contributed by atoms with van der Waals surface area (Å²) in [5, 5.41) is 0. The third kappa shape index (κ3) is 4.59. The molecular weight excluding hydrogens is 432 g/mol. The molecule has 0 aliphatic heterocycles. The Morgan fingerprint density at radius 3 is 2.50 bits per heavy atom. The van der Waals surface area contributed by atoms with Gasteiger partial charge in [-0.15, -0.1) is 0 Å². The van der Waals surface area contributed by atoms with E-state index in [1.807, 2.05) is 0 Å². The van der Waals surface area contributed by atoms with E-state index in [1.54, 1.807) is 6.07 Å². The molecule has 12 heteroatoms. The predicted molar refractivity (Wildman–Crippen MR) is 94.6 cm³/mol. The van der Waals surface area contributed by atoms with Crippen LogP contribution in [0.15, 0.2) is 68.8 Å². The Morgan fingerprint density at radius 2 is 1.83 bits per heavy atom. The van der Waals surface area contributed by atoms with Crippen LogP contribution in [0.25, 0.3) is 0 Å². The van der Waals surface area contributed by atoms with Gasteiger partial charge in [-0.3, -0.25) is 9.59 Å². The molecule has 30 heavy (non-hydrogen) atoms. The molecule has 0 aliphatic carbocycles.